The van der Waals surface area contributed by atoms with Crippen LogP contribution in [0.25, 0.3) is 0 Å². The average Bonchev–Trinajstić information content (AvgIpc) is 1.85. The van der Waals surface area contributed by atoms with Crippen molar-refractivity contribution in [2.75, 3.05) is 0 Å². The van der Waals surface area contributed by atoms with Gasteiger partial charge in [-0.1, -0.05) is 0 Å². The van der Waals surface area contributed by atoms with Gasteiger partial charge in [0.15, 0.2) is 0 Å². The van der Waals surface area contributed by atoms with E-state index < -0.39 is 23.6 Å². The van der Waals surface area contributed by atoms with Crippen molar-refractivity contribution in [3.63, 3.8) is 0 Å². The molecule has 5 nitrogen and oxygen atoms in total. The molecule has 0 amide bonds. The number of carbonyl (C=O) groups excluding carboxylic acids is 2. The van der Waals surface area contributed by atoms with Crippen LogP contribution in [0.3, 0.4) is 0 Å². The molecular formula is C7H10Na3O5+. The van der Waals surface area contributed by atoms with Gasteiger partial charge >= 0.3 is 88.7 Å². The Morgan fingerprint density at radius 1 is 1.13 bits per heavy atom. The summed E-state index contributed by atoms with van der Waals surface area (Å²) in [5.41, 5.74) is -1.61. The fourth-order valence-electron chi connectivity index (χ4n) is 0.538. The Bertz CT molecular complexity index is 207. The van der Waals surface area contributed by atoms with Gasteiger partial charge < -0.3 is 24.5 Å². The van der Waals surface area contributed by atoms with Crippen LogP contribution in [-0.2, 0) is 14.3 Å². The monoisotopic (exact) mass is 243 g/mol. The summed E-state index contributed by atoms with van der Waals surface area (Å²) in [4.78, 5) is 20.5. The first-order valence-corrected chi connectivity index (χ1v) is 3.37. The molecule has 1 unspecified atom stereocenters. The zero-order valence-corrected chi connectivity index (χ0v) is 16.1. The second kappa shape index (κ2) is 11.0. The minimum Gasteiger partial charge on any atom is -0.547 e. The maximum absolute atomic E-state index is 10.3. The van der Waals surface area contributed by atoms with E-state index >= 15 is 0 Å². The molecule has 8 heteroatoms. The summed E-state index contributed by atoms with van der Waals surface area (Å²) in [5, 5.41) is 20.5. The Balaban J connectivity index is -0.000000202. The number of hydrogen-bond donors (Lipinski definition) is 0. The molecule has 0 aromatic carbocycles. The number of carboxylic acid groups (broad SMARTS) is 2. The van der Waals surface area contributed by atoms with Gasteiger partial charge in [0.05, 0.1) is 18.0 Å². The Kier molecular flexibility index (Phi) is 18.9. The van der Waals surface area contributed by atoms with Crippen molar-refractivity contribution < 1.29 is 113 Å². The molecule has 0 aliphatic heterocycles. The smallest absolute Gasteiger partial charge is 0.547 e. The Hall–Kier alpha value is 1.90. The zero-order valence-electron chi connectivity index (χ0n) is 10.1. The van der Waals surface area contributed by atoms with E-state index in [0.29, 0.717) is 0 Å². The average molecular weight is 243 g/mol. The molecule has 0 bridgehead atoms. The summed E-state index contributed by atoms with van der Waals surface area (Å²) in [6, 6.07) is 0. The molecule has 0 saturated carbocycles. The van der Waals surface area contributed by atoms with Crippen LogP contribution >= 0.6 is 0 Å². The van der Waals surface area contributed by atoms with Gasteiger partial charge in [-0.3, -0.25) is 0 Å². The third-order valence-electron chi connectivity index (χ3n) is 1.29. The third-order valence-corrected chi connectivity index (χ3v) is 1.29. The van der Waals surface area contributed by atoms with E-state index in [0.717, 1.165) is 0 Å². The molecule has 0 fully saturated rings. The first-order valence-electron chi connectivity index (χ1n) is 3.37. The maximum Gasteiger partial charge on any atom is 1.00 e. The van der Waals surface area contributed by atoms with Gasteiger partial charge in [-0.15, -0.1) is 0 Å². The molecule has 1 atom stereocenters. The van der Waals surface area contributed by atoms with Crippen LogP contribution in [0.2, 0.25) is 0 Å². The Morgan fingerprint density at radius 2 is 1.47 bits per heavy atom. The topological polar surface area (TPSA) is 89.5 Å². The van der Waals surface area contributed by atoms with Gasteiger partial charge in [-0.2, -0.15) is 0 Å². The van der Waals surface area contributed by atoms with E-state index in [1.54, 1.807) is 0 Å². The fourth-order valence-corrected chi connectivity index (χ4v) is 0.538. The van der Waals surface area contributed by atoms with Gasteiger partial charge in [0.1, 0.15) is 5.60 Å². The van der Waals surface area contributed by atoms with Crippen LogP contribution in [0.15, 0.2) is 0 Å². The van der Waals surface area contributed by atoms with Crippen LogP contribution < -0.4 is 98.9 Å². The van der Waals surface area contributed by atoms with Crippen molar-refractivity contribution in [1.82, 2.24) is 0 Å². The van der Waals surface area contributed by atoms with E-state index in [9.17, 15) is 19.8 Å². The van der Waals surface area contributed by atoms with E-state index in [-0.39, 0.29) is 88.7 Å². The van der Waals surface area contributed by atoms with E-state index in [1.165, 1.54) is 20.8 Å². The van der Waals surface area contributed by atoms with E-state index in [2.05, 4.69) is 4.74 Å². The molecule has 0 N–H and O–H groups in total. The SMILES string of the molecule is CC(OC(C)(C)C(=O)[O-])C(=O)[O-].[Na+].[Na+].[Na+]. The fraction of sp³-hybridized carbons (Fsp3) is 0.714. The van der Waals surface area contributed by atoms with E-state index in [1.807, 2.05) is 0 Å². The maximum atomic E-state index is 10.3. The van der Waals surface area contributed by atoms with Gasteiger partial charge in [0.2, 0.25) is 0 Å². The van der Waals surface area contributed by atoms with Crippen molar-refractivity contribution in [2.24, 2.45) is 0 Å². The molecular weight excluding hydrogens is 233 g/mol. The molecule has 0 saturated heterocycles. The standard InChI is InChI=1S/C7H12O5.3Na/c1-4(5(8)9)12-7(2,3)6(10)11;;;/h4H,1-3H3,(H,8,9)(H,10,11);;;/q;3*+1/p-2. The summed E-state index contributed by atoms with van der Waals surface area (Å²) in [7, 11) is 0. The second-order valence-corrected chi connectivity index (χ2v) is 2.88. The predicted molar refractivity (Wildman–Crippen MR) is 34.6 cm³/mol. The molecule has 0 spiro atoms. The number of hydrogen-bond acceptors (Lipinski definition) is 5. The van der Waals surface area contributed by atoms with Crippen LogP contribution in [0.4, 0.5) is 0 Å². The van der Waals surface area contributed by atoms with Gasteiger partial charge in [0.25, 0.3) is 0 Å². The second-order valence-electron chi connectivity index (χ2n) is 2.88. The largest absolute Gasteiger partial charge is 1.00 e. The Morgan fingerprint density at radius 3 is 1.67 bits per heavy atom. The van der Waals surface area contributed by atoms with E-state index in [4.69, 9.17) is 0 Å². The molecule has 0 aliphatic rings. The molecule has 0 aromatic rings. The molecule has 0 aromatic heterocycles. The molecule has 0 aliphatic carbocycles. The number of rotatable bonds is 4. The van der Waals surface area contributed by atoms with Crippen molar-refractivity contribution >= 4 is 11.9 Å². The normalized spacial score (nSPS) is 11.1. The number of carbonyl (C=O) groups is 2. The summed E-state index contributed by atoms with van der Waals surface area (Å²) in [6.07, 6.45) is -1.27. The first kappa shape index (κ1) is 25.7. The zero-order chi connectivity index (χ0) is 9.94. The van der Waals surface area contributed by atoms with Crippen LogP contribution in [-0.4, -0.2) is 23.6 Å². The molecule has 0 radical (unpaired) electrons. The van der Waals surface area contributed by atoms with Crippen molar-refractivity contribution in [3.05, 3.63) is 0 Å². The summed E-state index contributed by atoms with van der Waals surface area (Å²) >= 11 is 0. The van der Waals surface area contributed by atoms with Crippen LogP contribution in [0.1, 0.15) is 20.8 Å². The minimum atomic E-state index is -1.61. The number of carboxylic acids is 2. The van der Waals surface area contributed by atoms with Crippen molar-refractivity contribution in [1.29, 1.82) is 0 Å². The van der Waals surface area contributed by atoms with Crippen molar-refractivity contribution in [2.45, 2.75) is 32.5 Å². The number of ether oxygens (including phenoxy) is 1. The summed E-state index contributed by atoms with van der Waals surface area (Å²) in [6.45, 7) is 3.61. The molecule has 0 rings (SSSR count). The summed E-state index contributed by atoms with van der Waals surface area (Å²) < 4.78 is 4.64. The Labute approximate surface area is 155 Å². The van der Waals surface area contributed by atoms with Gasteiger partial charge in [0, 0.05) is 0 Å². The van der Waals surface area contributed by atoms with Gasteiger partial charge in [-0.25, -0.2) is 0 Å². The summed E-state index contributed by atoms with van der Waals surface area (Å²) in [5.74, 6) is -2.92. The third kappa shape index (κ3) is 10.8. The molecule has 0 heterocycles. The van der Waals surface area contributed by atoms with Gasteiger partial charge in [-0.05, 0) is 20.8 Å². The molecule has 15 heavy (non-hydrogen) atoms. The minimum absolute atomic E-state index is 0. The van der Waals surface area contributed by atoms with Crippen LogP contribution in [0, 0.1) is 0 Å². The molecule has 70 valence electrons. The van der Waals surface area contributed by atoms with Crippen molar-refractivity contribution in [3.8, 4) is 0 Å². The predicted octanol–water partition coefficient (Wildman–Crippen LogP) is -11.3. The quantitative estimate of drug-likeness (QED) is 0.457. The first-order chi connectivity index (χ1) is 5.27. The number of aliphatic carboxylic acids is 2. The van der Waals surface area contributed by atoms with Crippen LogP contribution in [0.5, 0.6) is 0 Å².